The Labute approximate surface area is 181 Å². The first-order valence-electron chi connectivity index (χ1n) is 12.1. The number of nitrogens with zero attached hydrogens (tertiary/aromatic N) is 5. The summed E-state index contributed by atoms with van der Waals surface area (Å²) in [6.45, 7) is -0.968. The van der Waals surface area contributed by atoms with Gasteiger partial charge in [0.05, 0.1) is 25.9 Å². The van der Waals surface area contributed by atoms with Gasteiger partial charge in [0.2, 0.25) is 0 Å². The number of hydrogen-bond donors (Lipinski definition) is 0. The number of pyridine rings is 1. The van der Waals surface area contributed by atoms with Gasteiger partial charge in [-0.25, -0.2) is 13.2 Å². The zero-order valence-corrected chi connectivity index (χ0v) is 17.1. The SMILES string of the molecule is [2H]C([2H])(Oc1nc(N2CCCC[C@H]3[C@H](F)[C@H]32)c2cncc(F)c2n1)[C@@]12CCCN1C[C@H](F)C2. The predicted molar refractivity (Wildman–Crippen MR) is 109 cm³/mol. The van der Waals surface area contributed by atoms with Crippen LogP contribution in [-0.2, 0) is 0 Å². The average molecular weight is 435 g/mol. The molecule has 4 aliphatic rings. The Morgan fingerprint density at radius 1 is 1.19 bits per heavy atom. The van der Waals surface area contributed by atoms with E-state index in [4.69, 9.17) is 7.48 Å². The van der Waals surface area contributed by atoms with Crippen LogP contribution in [0.2, 0.25) is 0 Å². The highest BCUT2D eigenvalue weighted by atomic mass is 19.1. The molecule has 1 aliphatic carbocycles. The van der Waals surface area contributed by atoms with Gasteiger partial charge in [-0.05, 0) is 32.2 Å². The summed E-state index contributed by atoms with van der Waals surface area (Å²) in [7, 11) is 0. The molecule has 2 aromatic rings. The lowest BCUT2D eigenvalue weighted by atomic mass is 9.95. The van der Waals surface area contributed by atoms with E-state index in [-0.39, 0.29) is 36.5 Å². The molecule has 0 aromatic carbocycles. The molecule has 0 N–H and O–H groups in total. The third-order valence-electron chi connectivity index (χ3n) is 7.31. The van der Waals surface area contributed by atoms with Crippen LogP contribution in [0.15, 0.2) is 12.4 Å². The molecule has 3 aliphatic heterocycles. The van der Waals surface area contributed by atoms with Gasteiger partial charge in [-0.1, -0.05) is 6.42 Å². The summed E-state index contributed by atoms with van der Waals surface area (Å²) < 4.78 is 66.7. The molecule has 0 radical (unpaired) electrons. The molecular formula is C22H26F3N5O. The van der Waals surface area contributed by atoms with Crippen LogP contribution in [0.3, 0.4) is 0 Å². The standard InChI is InChI=1S/C22H26F3N5O/c23-13-8-22(5-3-6-29(22)11-13)12-31-21-27-18-15(9-26-10-16(18)24)20(28-21)30-7-2-1-4-14-17(25)19(14)30/h9-10,13-14,17,19H,1-8,11-12H2/t13-,14+,17+,19+,22+/m1/s1/i12D2. The lowest BCUT2D eigenvalue weighted by molar-refractivity contribution is 0.107. The maximum Gasteiger partial charge on any atom is 0.319 e. The number of hydrogen-bond acceptors (Lipinski definition) is 6. The monoisotopic (exact) mass is 435 g/mol. The van der Waals surface area contributed by atoms with Crippen molar-refractivity contribution < 1.29 is 20.6 Å². The smallest absolute Gasteiger partial charge is 0.319 e. The lowest BCUT2D eigenvalue weighted by Crippen LogP contribution is -2.43. The fraction of sp³-hybridized carbons (Fsp3) is 0.682. The van der Waals surface area contributed by atoms with E-state index in [1.807, 2.05) is 4.90 Å². The van der Waals surface area contributed by atoms with E-state index >= 15 is 0 Å². The van der Waals surface area contributed by atoms with Crippen molar-refractivity contribution in [3.63, 3.8) is 0 Å². The molecule has 0 spiro atoms. The first-order chi connectivity index (χ1) is 15.8. The highest BCUT2D eigenvalue weighted by Gasteiger charge is 2.55. The van der Waals surface area contributed by atoms with Gasteiger partial charge in [-0.15, -0.1) is 0 Å². The molecule has 1 saturated carbocycles. The average Bonchev–Trinajstić information content (AvgIpc) is 3.12. The second-order valence-corrected chi connectivity index (χ2v) is 9.22. The van der Waals surface area contributed by atoms with Crippen molar-refractivity contribution >= 4 is 16.7 Å². The van der Waals surface area contributed by atoms with Crippen molar-refractivity contribution in [2.24, 2.45) is 5.92 Å². The molecule has 166 valence electrons. The minimum absolute atomic E-state index is 0.0259. The van der Waals surface area contributed by atoms with Gasteiger partial charge < -0.3 is 9.64 Å². The first-order valence-corrected chi connectivity index (χ1v) is 11.1. The van der Waals surface area contributed by atoms with Crippen LogP contribution in [0.5, 0.6) is 6.01 Å². The van der Waals surface area contributed by atoms with Gasteiger partial charge >= 0.3 is 6.01 Å². The normalized spacial score (nSPS) is 36.5. The van der Waals surface area contributed by atoms with E-state index in [0.717, 1.165) is 31.9 Å². The minimum Gasteiger partial charge on any atom is -0.461 e. The van der Waals surface area contributed by atoms with Crippen LogP contribution < -0.4 is 9.64 Å². The van der Waals surface area contributed by atoms with E-state index < -0.39 is 30.3 Å². The Morgan fingerprint density at radius 3 is 3.00 bits per heavy atom. The van der Waals surface area contributed by atoms with Gasteiger partial charge in [0, 0.05) is 31.6 Å². The number of ether oxygens (including phenoxy) is 1. The van der Waals surface area contributed by atoms with Gasteiger partial charge in [0.15, 0.2) is 5.82 Å². The second kappa shape index (κ2) is 7.18. The second-order valence-electron chi connectivity index (χ2n) is 9.22. The molecule has 9 heteroatoms. The summed E-state index contributed by atoms with van der Waals surface area (Å²) in [5.41, 5.74) is -1.16. The van der Waals surface area contributed by atoms with Gasteiger partial charge in [-0.3, -0.25) is 9.88 Å². The fourth-order valence-electron chi connectivity index (χ4n) is 5.75. The maximum absolute atomic E-state index is 14.7. The Morgan fingerprint density at radius 2 is 2.10 bits per heavy atom. The Balaban J connectivity index is 1.42. The number of fused-ring (bicyclic) bond motifs is 3. The predicted octanol–water partition coefficient (Wildman–Crippen LogP) is 3.45. The molecule has 2 aromatic heterocycles. The Kier molecular flexibility index (Phi) is 4.03. The van der Waals surface area contributed by atoms with E-state index in [1.165, 1.54) is 6.20 Å². The Hall–Kier alpha value is -2.16. The minimum atomic E-state index is -2.29. The summed E-state index contributed by atoms with van der Waals surface area (Å²) in [6.07, 6.45) is 4.15. The molecule has 6 nitrogen and oxygen atoms in total. The van der Waals surface area contributed by atoms with Crippen molar-refractivity contribution in [2.75, 3.05) is 31.1 Å². The number of alkyl halides is 2. The molecule has 5 atom stereocenters. The number of anilines is 1. The number of aromatic nitrogens is 3. The van der Waals surface area contributed by atoms with Crippen LogP contribution in [0.1, 0.15) is 41.3 Å². The van der Waals surface area contributed by atoms with Crippen molar-refractivity contribution in [1.82, 2.24) is 19.9 Å². The van der Waals surface area contributed by atoms with Gasteiger partial charge in [-0.2, -0.15) is 9.97 Å². The molecule has 5 heterocycles. The Bertz CT molecular complexity index is 1090. The molecule has 6 rings (SSSR count). The van der Waals surface area contributed by atoms with Crippen molar-refractivity contribution in [3.05, 3.63) is 18.2 Å². The number of rotatable bonds is 4. The summed E-state index contributed by atoms with van der Waals surface area (Å²) in [6, 6.07) is -0.669. The van der Waals surface area contributed by atoms with Crippen molar-refractivity contribution in [3.8, 4) is 6.01 Å². The van der Waals surface area contributed by atoms with E-state index in [2.05, 4.69) is 15.0 Å². The third kappa shape index (κ3) is 3.15. The third-order valence-corrected chi connectivity index (χ3v) is 7.31. The van der Waals surface area contributed by atoms with Crippen LogP contribution in [0.4, 0.5) is 19.0 Å². The summed E-state index contributed by atoms with van der Waals surface area (Å²) in [5, 5.41) is 0.341. The van der Waals surface area contributed by atoms with Crippen molar-refractivity contribution in [2.45, 2.75) is 62.4 Å². The van der Waals surface area contributed by atoms with E-state index in [9.17, 15) is 13.2 Å². The summed E-state index contributed by atoms with van der Waals surface area (Å²) >= 11 is 0. The quantitative estimate of drug-likeness (QED) is 0.733. The van der Waals surface area contributed by atoms with Gasteiger partial charge in [0.25, 0.3) is 0 Å². The first kappa shape index (κ1) is 17.4. The molecule has 31 heavy (non-hydrogen) atoms. The molecule has 4 fully saturated rings. The molecule has 0 unspecified atom stereocenters. The molecule has 0 bridgehead atoms. The van der Waals surface area contributed by atoms with Crippen LogP contribution in [0.25, 0.3) is 10.9 Å². The summed E-state index contributed by atoms with van der Waals surface area (Å²) in [4.78, 5) is 16.2. The maximum atomic E-state index is 14.7. The van der Waals surface area contributed by atoms with Crippen molar-refractivity contribution in [1.29, 1.82) is 0 Å². The van der Waals surface area contributed by atoms with Crippen LogP contribution >= 0.6 is 0 Å². The molecule has 3 saturated heterocycles. The van der Waals surface area contributed by atoms with Crippen LogP contribution in [-0.4, -0.2) is 70.0 Å². The fourth-order valence-corrected chi connectivity index (χ4v) is 5.75. The highest BCUT2D eigenvalue weighted by molar-refractivity contribution is 5.89. The zero-order chi connectivity index (χ0) is 23.0. The lowest BCUT2D eigenvalue weighted by Gasteiger charge is -2.31. The van der Waals surface area contributed by atoms with Gasteiger partial charge in [0.1, 0.15) is 30.2 Å². The molecule has 0 amide bonds. The highest BCUT2D eigenvalue weighted by Crippen LogP contribution is 2.47. The van der Waals surface area contributed by atoms with E-state index in [0.29, 0.717) is 30.7 Å². The molecular weight excluding hydrogens is 407 g/mol. The topological polar surface area (TPSA) is 54.4 Å². The van der Waals surface area contributed by atoms with E-state index in [1.54, 1.807) is 4.90 Å². The zero-order valence-electron chi connectivity index (χ0n) is 19.1. The van der Waals surface area contributed by atoms with Crippen LogP contribution in [0, 0.1) is 11.7 Å². The number of halogens is 3. The summed E-state index contributed by atoms with van der Waals surface area (Å²) in [5.74, 6) is -0.461. The largest absolute Gasteiger partial charge is 0.461 e.